The first-order valence-electron chi connectivity index (χ1n) is 9.95. The van der Waals surface area contributed by atoms with E-state index in [1.54, 1.807) is 12.0 Å². The lowest BCUT2D eigenvalue weighted by atomic mass is 9.84. The first kappa shape index (κ1) is 22.3. The van der Waals surface area contributed by atoms with Crippen LogP contribution in [0.2, 0.25) is 0 Å². The molecule has 1 unspecified atom stereocenters. The van der Waals surface area contributed by atoms with Crippen molar-refractivity contribution in [1.29, 1.82) is 0 Å². The third-order valence-electron chi connectivity index (χ3n) is 5.47. The van der Waals surface area contributed by atoms with Gasteiger partial charge >= 0.3 is 0 Å². The normalized spacial score (nSPS) is 16.7. The van der Waals surface area contributed by atoms with E-state index in [1.807, 2.05) is 39.0 Å². The molecule has 0 saturated carbocycles. The zero-order chi connectivity index (χ0) is 20.7. The minimum absolute atomic E-state index is 0.282. The SMILES string of the molecule is CCC(C)(C)C(=O)C(=O)N1CCCC1C(=S)OCCCc1cccc(OC)c1. The molecule has 1 aromatic rings. The average molecular weight is 406 g/mol. The smallest absolute Gasteiger partial charge is 0.291 e. The Morgan fingerprint density at radius 2 is 2.07 bits per heavy atom. The number of Topliss-reactive ketones (excluding diaryl/α,β-unsaturated/α-hetero) is 1. The summed E-state index contributed by atoms with van der Waals surface area (Å²) in [5.74, 6) is 0.0631. The van der Waals surface area contributed by atoms with E-state index in [4.69, 9.17) is 21.7 Å². The van der Waals surface area contributed by atoms with Gasteiger partial charge in [0.05, 0.1) is 13.7 Å². The minimum Gasteiger partial charge on any atom is -0.497 e. The number of carbonyl (C=O) groups excluding carboxylic acids is 2. The molecule has 0 radical (unpaired) electrons. The van der Waals surface area contributed by atoms with Crippen LogP contribution >= 0.6 is 12.2 Å². The van der Waals surface area contributed by atoms with Crippen LogP contribution in [0.25, 0.3) is 0 Å². The summed E-state index contributed by atoms with van der Waals surface area (Å²) in [6, 6.07) is 7.67. The number of likely N-dealkylation sites (tertiary alicyclic amines) is 1. The maximum absolute atomic E-state index is 12.7. The fourth-order valence-electron chi connectivity index (χ4n) is 3.21. The Labute approximate surface area is 173 Å². The van der Waals surface area contributed by atoms with E-state index in [-0.39, 0.29) is 11.8 Å². The zero-order valence-corrected chi connectivity index (χ0v) is 18.1. The van der Waals surface area contributed by atoms with Crippen LogP contribution in [0.3, 0.4) is 0 Å². The number of rotatable bonds is 9. The third-order valence-corrected chi connectivity index (χ3v) is 5.86. The largest absolute Gasteiger partial charge is 0.497 e. The Hall–Kier alpha value is -1.95. The van der Waals surface area contributed by atoms with Crippen molar-refractivity contribution in [3.8, 4) is 5.75 Å². The van der Waals surface area contributed by atoms with E-state index in [9.17, 15) is 9.59 Å². The first-order chi connectivity index (χ1) is 13.3. The number of amides is 1. The number of hydrogen-bond donors (Lipinski definition) is 0. The van der Waals surface area contributed by atoms with Crippen molar-refractivity contribution in [1.82, 2.24) is 4.90 Å². The molecule has 1 aliphatic rings. The molecule has 1 fully saturated rings. The molecule has 1 aromatic carbocycles. The molecule has 1 heterocycles. The average Bonchev–Trinajstić information content (AvgIpc) is 3.20. The van der Waals surface area contributed by atoms with Crippen molar-refractivity contribution in [2.24, 2.45) is 5.41 Å². The second-order valence-corrected chi connectivity index (χ2v) is 8.25. The van der Waals surface area contributed by atoms with Gasteiger partial charge in [-0.2, -0.15) is 0 Å². The summed E-state index contributed by atoms with van der Waals surface area (Å²) >= 11 is 5.44. The molecule has 0 N–H and O–H groups in total. The van der Waals surface area contributed by atoms with E-state index in [0.29, 0.717) is 24.6 Å². The Bertz CT molecular complexity index is 716. The molecule has 0 spiro atoms. The second kappa shape index (κ2) is 10.0. The number of benzene rings is 1. The lowest BCUT2D eigenvalue weighted by molar-refractivity contribution is -0.149. The van der Waals surface area contributed by atoms with Gasteiger partial charge in [0.2, 0.25) is 5.78 Å². The predicted molar refractivity (Wildman–Crippen MR) is 114 cm³/mol. The highest BCUT2D eigenvalue weighted by molar-refractivity contribution is 7.80. The van der Waals surface area contributed by atoms with Crippen molar-refractivity contribution in [3.05, 3.63) is 29.8 Å². The molecular formula is C22H31NO4S. The molecule has 1 aliphatic heterocycles. The van der Waals surface area contributed by atoms with E-state index < -0.39 is 11.3 Å². The van der Waals surface area contributed by atoms with Gasteiger partial charge in [-0.1, -0.05) is 32.9 Å². The third kappa shape index (κ3) is 5.53. The van der Waals surface area contributed by atoms with E-state index in [2.05, 4.69) is 6.07 Å². The number of thiocarbonyl (C=S) groups is 1. The molecule has 1 atom stereocenters. The highest BCUT2D eigenvalue weighted by Crippen LogP contribution is 2.26. The van der Waals surface area contributed by atoms with Crippen LogP contribution in [0, 0.1) is 5.41 Å². The van der Waals surface area contributed by atoms with Crippen LogP contribution < -0.4 is 4.74 Å². The molecule has 0 bridgehead atoms. The quantitative estimate of drug-likeness (QED) is 0.353. The summed E-state index contributed by atoms with van der Waals surface area (Å²) in [6.07, 6.45) is 3.89. The van der Waals surface area contributed by atoms with E-state index in [0.717, 1.165) is 31.4 Å². The summed E-state index contributed by atoms with van der Waals surface area (Å²) in [6.45, 7) is 6.59. The zero-order valence-electron chi connectivity index (χ0n) is 17.3. The molecule has 6 heteroatoms. The molecule has 0 aromatic heterocycles. The van der Waals surface area contributed by atoms with Crippen molar-refractivity contribution in [3.63, 3.8) is 0 Å². The second-order valence-electron chi connectivity index (χ2n) is 7.85. The predicted octanol–water partition coefficient (Wildman–Crippen LogP) is 3.97. The van der Waals surface area contributed by atoms with Crippen LogP contribution in [0.5, 0.6) is 5.75 Å². The van der Waals surface area contributed by atoms with Crippen LogP contribution in [-0.2, 0) is 20.7 Å². The Kier molecular flexibility index (Phi) is 7.98. The number of hydrogen-bond acceptors (Lipinski definition) is 5. The number of ether oxygens (including phenoxy) is 2. The highest BCUT2D eigenvalue weighted by atomic mass is 32.1. The standard InChI is InChI=1S/C22H31NO4S/c1-5-22(2,3)19(24)20(25)23-13-7-12-18(23)21(28)27-14-8-10-16-9-6-11-17(15-16)26-4/h6,9,11,15,18H,5,7-8,10,12-14H2,1-4H3. The van der Waals surface area contributed by atoms with E-state index >= 15 is 0 Å². The minimum atomic E-state index is -0.649. The molecule has 0 aliphatic carbocycles. The maximum Gasteiger partial charge on any atom is 0.291 e. The van der Waals surface area contributed by atoms with Crippen molar-refractivity contribution >= 4 is 29.0 Å². The monoisotopic (exact) mass is 405 g/mol. The number of methoxy groups -OCH3 is 1. The summed E-state index contributed by atoms with van der Waals surface area (Å²) in [7, 11) is 1.65. The summed E-state index contributed by atoms with van der Waals surface area (Å²) in [5, 5.41) is 0.415. The fraction of sp³-hybridized carbons (Fsp3) is 0.591. The van der Waals surface area contributed by atoms with Crippen molar-refractivity contribution in [2.45, 2.75) is 58.9 Å². The maximum atomic E-state index is 12.7. The van der Waals surface area contributed by atoms with Gasteiger partial charge in [-0.3, -0.25) is 9.59 Å². The van der Waals surface area contributed by atoms with Crippen LogP contribution in [-0.4, -0.2) is 47.9 Å². The number of ketones is 1. The van der Waals surface area contributed by atoms with Gasteiger partial charge in [-0.25, -0.2) is 0 Å². The summed E-state index contributed by atoms with van der Waals surface area (Å²) in [4.78, 5) is 26.8. The number of aryl methyl sites for hydroxylation is 1. The Balaban J connectivity index is 1.85. The molecule has 1 saturated heterocycles. The molecular weight excluding hydrogens is 374 g/mol. The van der Waals surface area contributed by atoms with Gasteiger partial charge < -0.3 is 14.4 Å². The van der Waals surface area contributed by atoms with Gasteiger partial charge in [0.25, 0.3) is 5.91 Å². The highest BCUT2D eigenvalue weighted by Gasteiger charge is 2.40. The fourth-order valence-corrected chi connectivity index (χ4v) is 3.54. The topological polar surface area (TPSA) is 55.8 Å². The van der Waals surface area contributed by atoms with Crippen LogP contribution in [0.4, 0.5) is 0 Å². The molecule has 5 nitrogen and oxygen atoms in total. The Morgan fingerprint density at radius 1 is 1.32 bits per heavy atom. The first-order valence-corrected chi connectivity index (χ1v) is 10.4. The Morgan fingerprint density at radius 3 is 2.75 bits per heavy atom. The van der Waals surface area contributed by atoms with Gasteiger partial charge in [0, 0.05) is 12.0 Å². The van der Waals surface area contributed by atoms with Gasteiger partial charge in [-0.15, -0.1) is 0 Å². The molecule has 2 rings (SSSR count). The number of nitrogens with zero attached hydrogens (tertiary/aromatic N) is 1. The molecule has 28 heavy (non-hydrogen) atoms. The van der Waals surface area contributed by atoms with Gasteiger partial charge in [-0.05, 0) is 62.0 Å². The van der Waals surface area contributed by atoms with Crippen molar-refractivity contribution in [2.75, 3.05) is 20.3 Å². The molecule has 154 valence electrons. The van der Waals surface area contributed by atoms with Gasteiger partial charge in [0.1, 0.15) is 11.8 Å². The summed E-state index contributed by atoms with van der Waals surface area (Å²) < 4.78 is 11.0. The summed E-state index contributed by atoms with van der Waals surface area (Å²) in [5.41, 5.74) is 0.530. The molecule has 1 amide bonds. The van der Waals surface area contributed by atoms with Crippen LogP contribution in [0.1, 0.15) is 52.0 Å². The van der Waals surface area contributed by atoms with Crippen LogP contribution in [0.15, 0.2) is 24.3 Å². The van der Waals surface area contributed by atoms with E-state index in [1.165, 1.54) is 5.56 Å². The lowest BCUT2D eigenvalue weighted by Gasteiger charge is -2.28. The van der Waals surface area contributed by atoms with Gasteiger partial charge in [0.15, 0.2) is 5.05 Å². The number of carbonyl (C=O) groups is 2. The lowest BCUT2D eigenvalue weighted by Crippen LogP contribution is -2.47. The van der Waals surface area contributed by atoms with Crippen molar-refractivity contribution < 1.29 is 19.1 Å².